The van der Waals surface area contributed by atoms with Gasteiger partial charge >= 0.3 is 5.97 Å². The third-order valence-electron chi connectivity index (χ3n) is 4.09. The van der Waals surface area contributed by atoms with Gasteiger partial charge in [0.2, 0.25) is 5.43 Å². The van der Waals surface area contributed by atoms with E-state index in [0.29, 0.717) is 11.1 Å². The molecule has 0 atom stereocenters. The molecule has 148 valence electrons. The number of carboxylic acids is 1. The van der Waals surface area contributed by atoms with Crippen LogP contribution in [0.2, 0.25) is 0 Å². The zero-order valence-electron chi connectivity index (χ0n) is 15.2. The number of halogens is 1. The molecule has 1 heterocycles. The number of hydrogen-bond acceptors (Lipinski definition) is 4. The number of nitrogens with one attached hydrogen (secondary N) is 1. The number of pyridine rings is 1. The standard InChI is InChI=1S/C21H17FN2O5/c22-24(12-14-7-3-1-4-8-14)20(26)16-11-23-17(21(27)28)19(18(16)25)29-13-15-9-5-2-6-10-15/h1-11H,12-13H2,(H,23,25)(H,27,28). The Labute approximate surface area is 164 Å². The molecular formula is C21H17FN2O5. The van der Waals surface area contributed by atoms with Crippen LogP contribution in [0.5, 0.6) is 5.75 Å². The molecule has 0 unspecified atom stereocenters. The van der Waals surface area contributed by atoms with Crippen molar-refractivity contribution in [3.63, 3.8) is 0 Å². The number of aromatic nitrogens is 1. The highest BCUT2D eigenvalue weighted by molar-refractivity contribution is 5.95. The van der Waals surface area contributed by atoms with E-state index in [1.165, 1.54) is 0 Å². The molecule has 1 aromatic heterocycles. The van der Waals surface area contributed by atoms with Crippen LogP contribution in [-0.4, -0.2) is 27.1 Å². The van der Waals surface area contributed by atoms with E-state index in [2.05, 4.69) is 4.98 Å². The second kappa shape index (κ2) is 8.83. The van der Waals surface area contributed by atoms with E-state index in [-0.39, 0.29) is 18.3 Å². The highest BCUT2D eigenvalue weighted by Gasteiger charge is 2.25. The molecule has 7 nitrogen and oxygen atoms in total. The molecule has 0 aliphatic carbocycles. The number of hydrogen-bond donors (Lipinski definition) is 2. The normalized spacial score (nSPS) is 10.4. The lowest BCUT2D eigenvalue weighted by atomic mass is 10.2. The van der Waals surface area contributed by atoms with Crippen LogP contribution in [0.1, 0.15) is 32.0 Å². The number of nitrogens with zero attached hydrogens (tertiary/aromatic N) is 1. The highest BCUT2D eigenvalue weighted by Crippen LogP contribution is 2.16. The van der Waals surface area contributed by atoms with Crippen molar-refractivity contribution >= 4 is 11.9 Å². The van der Waals surface area contributed by atoms with Crippen molar-refractivity contribution in [1.29, 1.82) is 0 Å². The highest BCUT2D eigenvalue weighted by atomic mass is 19.2. The molecule has 0 spiro atoms. The molecule has 0 fully saturated rings. The summed E-state index contributed by atoms with van der Waals surface area (Å²) in [5.41, 5.74) is -0.858. The summed E-state index contributed by atoms with van der Waals surface area (Å²) >= 11 is 0. The number of H-pyrrole nitrogens is 1. The molecule has 2 N–H and O–H groups in total. The molecule has 3 rings (SSSR count). The summed E-state index contributed by atoms with van der Waals surface area (Å²) in [6, 6.07) is 17.2. The van der Waals surface area contributed by atoms with Gasteiger partial charge in [-0.3, -0.25) is 9.59 Å². The molecule has 8 heteroatoms. The lowest BCUT2D eigenvalue weighted by molar-refractivity contribution is 0.0146. The van der Waals surface area contributed by atoms with Gasteiger partial charge in [-0.2, -0.15) is 5.12 Å². The van der Waals surface area contributed by atoms with E-state index in [9.17, 15) is 24.0 Å². The molecule has 0 saturated heterocycles. The van der Waals surface area contributed by atoms with Crippen molar-refractivity contribution in [3.05, 3.63) is 99.5 Å². The number of carboxylic acid groups (broad SMARTS) is 1. The zero-order valence-corrected chi connectivity index (χ0v) is 15.2. The number of aromatic carboxylic acids is 1. The van der Waals surface area contributed by atoms with Crippen LogP contribution in [0.25, 0.3) is 0 Å². The summed E-state index contributed by atoms with van der Waals surface area (Å²) in [7, 11) is 0. The first-order valence-corrected chi connectivity index (χ1v) is 8.64. The van der Waals surface area contributed by atoms with Crippen LogP contribution < -0.4 is 10.2 Å². The van der Waals surface area contributed by atoms with E-state index < -0.39 is 34.3 Å². The molecule has 29 heavy (non-hydrogen) atoms. The third kappa shape index (κ3) is 4.67. The summed E-state index contributed by atoms with van der Waals surface area (Å²) in [6.45, 7) is -0.453. The van der Waals surface area contributed by atoms with Gasteiger partial charge in [0.15, 0.2) is 11.4 Å². The number of carbonyl (C=O) groups excluding carboxylic acids is 1. The number of carbonyl (C=O) groups is 2. The van der Waals surface area contributed by atoms with Crippen molar-refractivity contribution in [2.75, 3.05) is 0 Å². The number of rotatable bonds is 7. The van der Waals surface area contributed by atoms with Gasteiger partial charge in [0.05, 0.1) is 6.54 Å². The van der Waals surface area contributed by atoms with Gasteiger partial charge in [-0.25, -0.2) is 4.79 Å². The van der Waals surface area contributed by atoms with Gasteiger partial charge < -0.3 is 14.8 Å². The summed E-state index contributed by atoms with van der Waals surface area (Å²) in [6.07, 6.45) is 0.876. The Hall–Kier alpha value is -3.94. The summed E-state index contributed by atoms with van der Waals surface area (Å²) in [5, 5.41) is 9.19. The van der Waals surface area contributed by atoms with Gasteiger partial charge in [0.1, 0.15) is 12.2 Å². The largest absolute Gasteiger partial charge is 0.482 e. The van der Waals surface area contributed by atoms with E-state index in [1.54, 1.807) is 60.7 Å². The second-order valence-electron chi connectivity index (χ2n) is 6.13. The summed E-state index contributed by atoms with van der Waals surface area (Å²) < 4.78 is 19.7. The predicted molar refractivity (Wildman–Crippen MR) is 102 cm³/mol. The first kappa shape index (κ1) is 19.8. The third-order valence-corrected chi connectivity index (χ3v) is 4.09. The average Bonchev–Trinajstić information content (AvgIpc) is 2.73. The van der Waals surface area contributed by atoms with E-state index in [1.807, 2.05) is 0 Å². The fourth-order valence-electron chi connectivity index (χ4n) is 2.64. The Balaban J connectivity index is 1.88. The molecule has 0 saturated carbocycles. The molecule has 0 aliphatic heterocycles. The maximum atomic E-state index is 14.4. The van der Waals surface area contributed by atoms with Crippen LogP contribution in [0.15, 0.2) is 71.7 Å². The minimum absolute atomic E-state index is 0.0921. The smallest absolute Gasteiger partial charge is 0.356 e. The fraction of sp³-hybridized carbons (Fsp3) is 0.0952. The van der Waals surface area contributed by atoms with Crippen molar-refractivity contribution < 1.29 is 23.9 Å². The maximum Gasteiger partial charge on any atom is 0.356 e. The van der Waals surface area contributed by atoms with Gasteiger partial charge in [-0.1, -0.05) is 65.1 Å². The Bertz CT molecular complexity index is 1070. The van der Waals surface area contributed by atoms with E-state index >= 15 is 0 Å². The molecular weight excluding hydrogens is 379 g/mol. The topological polar surface area (TPSA) is 99.7 Å². The van der Waals surface area contributed by atoms with Crippen molar-refractivity contribution in [2.45, 2.75) is 13.2 Å². The number of benzene rings is 2. The lowest BCUT2D eigenvalue weighted by Gasteiger charge is -2.14. The zero-order chi connectivity index (χ0) is 20.8. The first-order valence-electron chi connectivity index (χ1n) is 8.64. The van der Waals surface area contributed by atoms with Gasteiger partial charge in [-0.15, -0.1) is 0 Å². The second-order valence-corrected chi connectivity index (χ2v) is 6.13. The molecule has 0 radical (unpaired) electrons. The first-order chi connectivity index (χ1) is 14.0. The number of amides is 1. The van der Waals surface area contributed by atoms with Gasteiger partial charge in [0, 0.05) is 6.20 Å². The molecule has 0 bridgehead atoms. The van der Waals surface area contributed by atoms with E-state index in [0.717, 1.165) is 6.20 Å². The SMILES string of the molecule is O=C(O)c1[nH]cc(C(=O)N(F)Cc2ccccc2)c(=O)c1OCc1ccccc1. The van der Waals surface area contributed by atoms with Crippen LogP contribution in [0, 0.1) is 0 Å². The van der Waals surface area contributed by atoms with Crippen molar-refractivity contribution in [1.82, 2.24) is 10.1 Å². The Kier molecular flexibility index (Phi) is 6.03. The average molecular weight is 396 g/mol. The Morgan fingerprint density at radius 3 is 2.17 bits per heavy atom. The quantitative estimate of drug-likeness (QED) is 0.598. The monoisotopic (exact) mass is 396 g/mol. The van der Waals surface area contributed by atoms with Gasteiger partial charge in [-0.05, 0) is 11.1 Å². The van der Waals surface area contributed by atoms with Crippen molar-refractivity contribution in [3.8, 4) is 5.75 Å². The van der Waals surface area contributed by atoms with E-state index in [4.69, 9.17) is 4.74 Å². The van der Waals surface area contributed by atoms with Gasteiger partial charge in [0.25, 0.3) is 5.91 Å². The fourth-order valence-corrected chi connectivity index (χ4v) is 2.64. The molecule has 3 aromatic rings. The number of aromatic amines is 1. The number of ether oxygens (including phenoxy) is 1. The maximum absolute atomic E-state index is 14.4. The minimum atomic E-state index is -1.44. The Morgan fingerprint density at radius 2 is 1.59 bits per heavy atom. The Morgan fingerprint density at radius 1 is 1.00 bits per heavy atom. The van der Waals surface area contributed by atoms with Crippen molar-refractivity contribution in [2.24, 2.45) is 0 Å². The molecule has 0 aliphatic rings. The van der Waals surface area contributed by atoms with Crippen LogP contribution >= 0.6 is 0 Å². The predicted octanol–water partition coefficient (Wildman–Crippen LogP) is 3.18. The summed E-state index contributed by atoms with van der Waals surface area (Å²) in [4.78, 5) is 38.9. The van der Waals surface area contributed by atoms with Crippen LogP contribution in [-0.2, 0) is 13.2 Å². The minimum Gasteiger partial charge on any atom is -0.482 e. The molecule has 1 amide bonds. The van der Waals surface area contributed by atoms with Crippen LogP contribution in [0.3, 0.4) is 0 Å². The lowest BCUT2D eigenvalue weighted by Crippen LogP contribution is -2.29. The van der Waals surface area contributed by atoms with Crippen LogP contribution in [0.4, 0.5) is 4.48 Å². The molecule has 2 aromatic carbocycles. The summed E-state index contributed by atoms with van der Waals surface area (Å²) in [5.74, 6) is -3.19.